The zero-order valence-corrected chi connectivity index (χ0v) is 37.2. The van der Waals surface area contributed by atoms with E-state index in [1.807, 2.05) is 107 Å². The molecule has 4 atom stereocenters. The number of para-hydroxylation sites is 2. The zero-order chi connectivity index (χ0) is 46.8. The van der Waals surface area contributed by atoms with Crippen LogP contribution < -0.4 is 9.80 Å². The highest BCUT2D eigenvalue weighted by molar-refractivity contribution is 6.13. The van der Waals surface area contributed by atoms with Gasteiger partial charge in [-0.05, 0) is 119 Å². The minimum atomic E-state index is -0.983. The third-order valence-electron chi connectivity index (χ3n) is 14.9. The fourth-order valence-corrected chi connectivity index (χ4v) is 11.7. The Labute approximate surface area is 384 Å². The van der Waals surface area contributed by atoms with Gasteiger partial charge in [0.05, 0.1) is 58.3 Å². The van der Waals surface area contributed by atoms with Gasteiger partial charge in [-0.3, -0.25) is 9.59 Å². The van der Waals surface area contributed by atoms with Crippen LogP contribution in [0.5, 0.6) is 0 Å². The van der Waals surface area contributed by atoms with Crippen molar-refractivity contribution in [2.45, 2.75) is 75.3 Å². The van der Waals surface area contributed by atoms with E-state index in [4.69, 9.17) is 0 Å². The summed E-state index contributed by atoms with van der Waals surface area (Å²) in [5.41, 5.74) is 7.16. The lowest BCUT2D eigenvalue weighted by Crippen LogP contribution is -2.38. The van der Waals surface area contributed by atoms with Gasteiger partial charge in [-0.15, -0.1) is 0 Å². The van der Waals surface area contributed by atoms with E-state index < -0.39 is 22.8 Å². The van der Waals surface area contributed by atoms with Gasteiger partial charge in [-0.25, -0.2) is 9.59 Å². The van der Waals surface area contributed by atoms with Crippen LogP contribution in [0.25, 0.3) is 0 Å². The maximum atomic E-state index is 14.1. The number of benzene rings is 6. The number of amides is 2. The number of aromatic carboxylic acids is 2. The van der Waals surface area contributed by atoms with Crippen LogP contribution in [0.1, 0.15) is 106 Å². The van der Waals surface area contributed by atoms with E-state index in [9.17, 15) is 39.9 Å². The molecule has 66 heavy (non-hydrogen) atoms. The molecule has 2 aliphatic carbocycles. The lowest BCUT2D eigenvalue weighted by atomic mass is 9.75. The topological polar surface area (TPSA) is 163 Å². The molecular weight excluding hydrogens is 825 g/mol. The van der Waals surface area contributed by atoms with Gasteiger partial charge in [0.1, 0.15) is 0 Å². The van der Waals surface area contributed by atoms with Crippen molar-refractivity contribution >= 4 is 35.1 Å². The average Bonchev–Trinajstić information content (AvgIpc) is 4.21. The molecule has 4 aliphatic rings. The summed E-state index contributed by atoms with van der Waals surface area (Å²) in [6, 6.07) is 49.0. The summed E-state index contributed by atoms with van der Waals surface area (Å²) in [7, 11) is 0. The molecule has 2 heterocycles. The summed E-state index contributed by atoms with van der Waals surface area (Å²) in [5, 5.41) is 37.2. The molecule has 2 saturated carbocycles. The number of fused-ring (bicyclic) bond motifs is 4. The molecule has 10 nitrogen and oxygen atoms in total. The summed E-state index contributed by atoms with van der Waals surface area (Å²) in [4.78, 5) is 54.8. The molecule has 328 valence electrons. The predicted octanol–water partition coefficient (Wildman–Crippen LogP) is 10.1. The second kappa shape index (κ2) is 16.0. The first-order valence-corrected chi connectivity index (χ1v) is 22.2. The third-order valence-corrected chi connectivity index (χ3v) is 14.9. The molecule has 0 radical (unpaired) electrons. The van der Waals surface area contributed by atoms with E-state index in [-0.39, 0.29) is 45.6 Å². The lowest BCUT2D eigenvalue weighted by molar-refractivity contribution is -0.121. The van der Waals surface area contributed by atoms with Crippen LogP contribution in [0.2, 0.25) is 0 Å². The van der Waals surface area contributed by atoms with Crippen molar-refractivity contribution in [1.82, 2.24) is 0 Å². The third kappa shape index (κ3) is 6.35. The van der Waals surface area contributed by atoms with Crippen LogP contribution in [-0.4, -0.2) is 34.0 Å². The first-order chi connectivity index (χ1) is 31.7. The first-order valence-electron chi connectivity index (χ1n) is 22.2. The smallest absolute Gasteiger partial charge is 0.335 e. The molecule has 0 unspecified atom stereocenters. The zero-order valence-electron chi connectivity index (χ0n) is 37.2. The van der Waals surface area contributed by atoms with E-state index in [1.165, 1.54) is 0 Å². The van der Waals surface area contributed by atoms with Gasteiger partial charge in [0, 0.05) is 22.2 Å². The van der Waals surface area contributed by atoms with Crippen molar-refractivity contribution in [2.75, 3.05) is 9.80 Å². The van der Waals surface area contributed by atoms with Crippen molar-refractivity contribution in [1.29, 1.82) is 10.5 Å². The van der Waals surface area contributed by atoms with Crippen molar-refractivity contribution in [3.63, 3.8) is 0 Å². The predicted molar refractivity (Wildman–Crippen MR) is 250 cm³/mol. The number of hydrogen-bond donors (Lipinski definition) is 2. The Morgan fingerprint density at radius 3 is 1.24 bits per heavy atom. The lowest BCUT2D eigenvalue weighted by Gasteiger charge is -2.27. The second-order valence-corrected chi connectivity index (χ2v) is 18.6. The molecule has 2 amide bonds. The number of carbonyl (C=O) groups excluding carboxylic acids is 2. The summed E-state index contributed by atoms with van der Waals surface area (Å²) in [6.45, 7) is 9.26. The molecule has 2 N–H and O–H groups in total. The number of hydrogen-bond acceptors (Lipinski definition) is 6. The van der Waals surface area contributed by atoms with Crippen LogP contribution in [-0.2, 0) is 44.3 Å². The SMILES string of the molecule is CC(C)[C@@]1(c2ccc(C#N)cc2)C[C@@]12C(=O)N(Cc1cccc(C(=O)O)c1)c1ccccc12.CC(C)[C@]1(c2ccc(C#N)cc2)C[C@]12C(=O)N(Cc1cccc(C(=O)O)c1)c1ccccc12. The summed E-state index contributed by atoms with van der Waals surface area (Å²) < 4.78 is 0. The number of carbonyl (C=O) groups is 4. The van der Waals surface area contributed by atoms with Crippen molar-refractivity contribution in [3.05, 3.63) is 201 Å². The highest BCUT2D eigenvalue weighted by Gasteiger charge is 2.79. The Hall–Kier alpha value is -7.82. The van der Waals surface area contributed by atoms with Gasteiger partial charge >= 0.3 is 11.9 Å². The molecule has 2 spiro atoms. The van der Waals surface area contributed by atoms with Crippen LogP contribution in [0.15, 0.2) is 146 Å². The Kier molecular flexibility index (Phi) is 10.5. The second-order valence-electron chi connectivity index (χ2n) is 18.6. The quantitative estimate of drug-likeness (QED) is 0.137. The number of anilines is 2. The summed E-state index contributed by atoms with van der Waals surface area (Å²) in [5.74, 6) is -1.44. The minimum Gasteiger partial charge on any atom is -0.478 e. The van der Waals surface area contributed by atoms with Gasteiger partial charge < -0.3 is 20.0 Å². The van der Waals surface area contributed by atoms with Crippen LogP contribution in [0.3, 0.4) is 0 Å². The molecule has 10 heteroatoms. The molecule has 0 bridgehead atoms. The van der Waals surface area contributed by atoms with Gasteiger partial charge in [-0.1, -0.05) is 113 Å². The molecule has 6 aromatic carbocycles. The monoisotopic (exact) mass is 872 g/mol. The fourth-order valence-electron chi connectivity index (χ4n) is 11.7. The van der Waals surface area contributed by atoms with Crippen molar-refractivity contribution < 1.29 is 29.4 Å². The van der Waals surface area contributed by atoms with E-state index in [1.54, 1.807) is 36.4 Å². The van der Waals surface area contributed by atoms with Crippen LogP contribution >= 0.6 is 0 Å². The summed E-state index contributed by atoms with van der Waals surface area (Å²) >= 11 is 0. The Morgan fingerprint density at radius 2 is 0.909 bits per heavy atom. The number of nitriles is 2. The van der Waals surface area contributed by atoms with E-state index in [0.717, 1.165) is 44.8 Å². The van der Waals surface area contributed by atoms with Crippen molar-refractivity contribution in [2.24, 2.45) is 11.8 Å². The minimum absolute atomic E-state index is 0.0579. The maximum Gasteiger partial charge on any atom is 0.335 e. The maximum absolute atomic E-state index is 14.1. The molecule has 0 aromatic heterocycles. The standard InChI is InChI=1S/2C28H24N2O3/c2*1-18(2)27(22-12-10-19(15-29)11-13-22)17-28(27)23-8-3-4-9-24(23)30(26(28)33)16-20-6-5-7-21(14-20)25(31)32/h2*3-14,18H,16-17H2,1-2H3,(H,31,32)/t2*27-,28-/m10/s1. The molecule has 10 rings (SSSR count). The van der Waals surface area contributed by atoms with Gasteiger partial charge in [0.25, 0.3) is 0 Å². The molecule has 2 fully saturated rings. The number of carboxylic acids is 2. The van der Waals surface area contributed by atoms with E-state index >= 15 is 0 Å². The highest BCUT2D eigenvalue weighted by atomic mass is 16.4. The molecular formula is C56H48N4O6. The van der Waals surface area contributed by atoms with E-state index in [0.29, 0.717) is 37.1 Å². The van der Waals surface area contributed by atoms with E-state index in [2.05, 4.69) is 52.0 Å². The fraction of sp³-hybridized carbons (Fsp3) is 0.250. The Morgan fingerprint density at radius 1 is 0.545 bits per heavy atom. The number of carboxylic acid groups (broad SMARTS) is 2. The Bertz CT molecular complexity index is 2850. The largest absolute Gasteiger partial charge is 0.478 e. The molecule has 2 aliphatic heterocycles. The van der Waals surface area contributed by atoms with Crippen LogP contribution in [0.4, 0.5) is 11.4 Å². The van der Waals surface area contributed by atoms with Crippen LogP contribution in [0, 0.1) is 34.5 Å². The highest BCUT2D eigenvalue weighted by Crippen LogP contribution is 2.74. The molecule has 6 aromatic rings. The van der Waals surface area contributed by atoms with Gasteiger partial charge in [0.15, 0.2) is 0 Å². The normalized spacial score (nSPS) is 23.0. The summed E-state index contributed by atoms with van der Waals surface area (Å²) in [6.07, 6.45) is 1.43. The van der Waals surface area contributed by atoms with Gasteiger partial charge in [0.2, 0.25) is 11.8 Å². The number of rotatable bonds is 10. The first kappa shape index (κ1) is 43.4. The average molecular weight is 873 g/mol. The van der Waals surface area contributed by atoms with Crippen molar-refractivity contribution in [3.8, 4) is 12.1 Å². The van der Waals surface area contributed by atoms with Gasteiger partial charge in [-0.2, -0.15) is 10.5 Å². The molecule has 0 saturated heterocycles. The number of nitrogens with zero attached hydrogens (tertiary/aromatic N) is 4. The Balaban J connectivity index is 0.000000166.